The number of halogens is 3. The first-order valence-electron chi connectivity index (χ1n) is 9.62. The lowest BCUT2D eigenvalue weighted by molar-refractivity contribution is 0.906. The molecule has 0 atom stereocenters. The average molecular weight is 507 g/mol. The summed E-state index contributed by atoms with van der Waals surface area (Å²) in [5.41, 5.74) is 4.49. The molecule has 156 valence electrons. The second-order valence-electron chi connectivity index (χ2n) is 6.40. The summed E-state index contributed by atoms with van der Waals surface area (Å²) in [5, 5.41) is 9.08. The molecule has 30 heavy (non-hydrogen) atoms. The van der Waals surface area contributed by atoms with Crippen molar-refractivity contribution in [2.75, 3.05) is 5.32 Å². The van der Waals surface area contributed by atoms with E-state index in [4.69, 9.17) is 28.2 Å². The average Bonchev–Trinajstić information content (AvgIpc) is 3.13. The third kappa shape index (κ3) is 5.12. The molecule has 0 unspecified atom stereocenters. The van der Waals surface area contributed by atoms with Gasteiger partial charge in [-0.2, -0.15) is 9.61 Å². The van der Waals surface area contributed by atoms with Crippen molar-refractivity contribution in [3.63, 3.8) is 0 Å². The summed E-state index contributed by atoms with van der Waals surface area (Å²) >= 11 is 16.2. The maximum absolute atomic E-state index is 6.34. The molecule has 3 aromatic heterocycles. The molecule has 0 radical (unpaired) electrons. The van der Waals surface area contributed by atoms with Crippen LogP contribution >= 0.6 is 39.1 Å². The van der Waals surface area contributed by atoms with Crippen LogP contribution in [0.15, 0.2) is 53.3 Å². The van der Waals surface area contributed by atoms with Gasteiger partial charge in [-0.05, 0) is 52.2 Å². The Hall–Kier alpha value is -2.15. The van der Waals surface area contributed by atoms with E-state index in [2.05, 4.69) is 37.4 Å². The molecule has 1 aromatic carbocycles. The smallest absolute Gasteiger partial charge is 0.171 e. The molecule has 1 N–H and O–H groups in total. The summed E-state index contributed by atoms with van der Waals surface area (Å²) in [5.74, 6) is 0.828. The second kappa shape index (κ2) is 10.2. The molecule has 0 saturated carbocycles. The molecule has 4 rings (SSSR count). The zero-order valence-corrected chi connectivity index (χ0v) is 20.1. The first kappa shape index (κ1) is 22.5. The van der Waals surface area contributed by atoms with Crippen LogP contribution in [0, 0.1) is 6.92 Å². The number of benzene rings is 1. The van der Waals surface area contributed by atoms with Crippen LogP contribution in [-0.4, -0.2) is 19.6 Å². The van der Waals surface area contributed by atoms with E-state index >= 15 is 0 Å². The molecule has 8 heteroatoms. The number of rotatable bonds is 5. The molecule has 0 aliphatic rings. The number of hydrogen-bond acceptors (Lipinski definition) is 4. The van der Waals surface area contributed by atoms with Crippen LogP contribution in [0.25, 0.3) is 5.65 Å². The van der Waals surface area contributed by atoms with Crippen LogP contribution in [0.1, 0.15) is 36.4 Å². The number of anilines is 1. The van der Waals surface area contributed by atoms with Crippen LogP contribution in [0.4, 0.5) is 5.82 Å². The molecule has 0 bridgehead atoms. The number of aryl methyl sites for hydroxylation is 1. The molecular formula is C22H22BrCl2N5. The third-order valence-electron chi connectivity index (χ3n) is 4.35. The first-order chi connectivity index (χ1) is 14.5. The molecule has 0 aliphatic carbocycles. The monoisotopic (exact) mass is 505 g/mol. The number of pyridine rings is 1. The lowest BCUT2D eigenvalue weighted by Crippen LogP contribution is -2.08. The normalized spacial score (nSPS) is 10.6. The van der Waals surface area contributed by atoms with E-state index in [1.165, 1.54) is 0 Å². The van der Waals surface area contributed by atoms with Gasteiger partial charge in [0.2, 0.25) is 0 Å². The van der Waals surface area contributed by atoms with Crippen molar-refractivity contribution >= 4 is 50.6 Å². The minimum Gasteiger partial charge on any atom is -0.366 e. The van der Waals surface area contributed by atoms with Gasteiger partial charge in [-0.3, -0.25) is 4.98 Å². The van der Waals surface area contributed by atoms with Crippen molar-refractivity contribution < 1.29 is 0 Å². The minimum absolute atomic E-state index is 0.521. The Morgan fingerprint density at radius 2 is 1.80 bits per heavy atom. The Kier molecular flexibility index (Phi) is 7.69. The minimum atomic E-state index is 0.521. The highest BCUT2D eigenvalue weighted by Gasteiger charge is 2.13. The Morgan fingerprint density at radius 3 is 2.47 bits per heavy atom. The largest absolute Gasteiger partial charge is 0.366 e. The van der Waals surface area contributed by atoms with Gasteiger partial charge in [0.1, 0.15) is 5.82 Å². The molecule has 0 spiro atoms. The standard InChI is InChI=1S/C20H16BrCl2N5.C2H6/c1-12-5-6-13(9-24-12)10-25-19-8-14(27-20-16(21)11-26-28(19)20)7-15-17(22)3-2-4-18(15)23;1-2/h2-6,8-9,11,25H,7,10H2,1H3;1-2H3. The van der Waals surface area contributed by atoms with Gasteiger partial charge >= 0.3 is 0 Å². The van der Waals surface area contributed by atoms with Crippen molar-refractivity contribution in [1.82, 2.24) is 19.6 Å². The lowest BCUT2D eigenvalue weighted by Gasteiger charge is -2.12. The third-order valence-corrected chi connectivity index (χ3v) is 5.62. The number of aromatic nitrogens is 4. The Bertz CT molecular complexity index is 1120. The first-order valence-corrected chi connectivity index (χ1v) is 11.2. The molecule has 0 fully saturated rings. The highest BCUT2D eigenvalue weighted by molar-refractivity contribution is 9.10. The predicted molar refractivity (Wildman–Crippen MR) is 128 cm³/mol. The lowest BCUT2D eigenvalue weighted by atomic mass is 10.1. The maximum atomic E-state index is 6.34. The summed E-state index contributed by atoms with van der Waals surface area (Å²) < 4.78 is 2.59. The zero-order chi connectivity index (χ0) is 21.7. The van der Waals surface area contributed by atoms with Gasteiger partial charge in [0.15, 0.2) is 5.65 Å². The topological polar surface area (TPSA) is 55.1 Å². The van der Waals surface area contributed by atoms with E-state index in [1.54, 1.807) is 10.7 Å². The van der Waals surface area contributed by atoms with E-state index in [1.807, 2.05) is 57.3 Å². The number of hydrogen-bond donors (Lipinski definition) is 1. The van der Waals surface area contributed by atoms with E-state index in [9.17, 15) is 0 Å². The van der Waals surface area contributed by atoms with E-state index in [-0.39, 0.29) is 0 Å². The van der Waals surface area contributed by atoms with Gasteiger partial charge in [-0.25, -0.2) is 4.98 Å². The van der Waals surface area contributed by atoms with Crippen molar-refractivity contribution in [2.24, 2.45) is 0 Å². The summed E-state index contributed by atoms with van der Waals surface area (Å²) in [4.78, 5) is 9.06. The summed E-state index contributed by atoms with van der Waals surface area (Å²) in [6.07, 6.45) is 4.12. The fourth-order valence-electron chi connectivity index (χ4n) is 2.88. The highest BCUT2D eigenvalue weighted by atomic mass is 79.9. The van der Waals surface area contributed by atoms with Crippen LogP contribution in [0.2, 0.25) is 10.0 Å². The van der Waals surface area contributed by atoms with Gasteiger partial charge in [-0.15, -0.1) is 0 Å². The summed E-state index contributed by atoms with van der Waals surface area (Å²) in [7, 11) is 0. The summed E-state index contributed by atoms with van der Waals surface area (Å²) in [6.45, 7) is 6.59. The second-order valence-corrected chi connectivity index (χ2v) is 8.07. The Morgan fingerprint density at radius 1 is 1.07 bits per heavy atom. The fraction of sp³-hybridized carbons (Fsp3) is 0.227. The van der Waals surface area contributed by atoms with Crippen molar-refractivity contribution in [3.05, 3.63) is 85.8 Å². The van der Waals surface area contributed by atoms with Crippen LogP contribution in [0.3, 0.4) is 0 Å². The van der Waals surface area contributed by atoms with Gasteiger partial charge < -0.3 is 5.32 Å². The number of fused-ring (bicyclic) bond motifs is 1. The highest BCUT2D eigenvalue weighted by Crippen LogP contribution is 2.28. The van der Waals surface area contributed by atoms with E-state index in [0.29, 0.717) is 23.0 Å². The van der Waals surface area contributed by atoms with E-state index in [0.717, 1.165) is 38.5 Å². The predicted octanol–water partition coefficient (Wildman–Crippen LogP) is 6.73. The molecule has 0 saturated heterocycles. The number of nitrogens with one attached hydrogen (secondary N) is 1. The van der Waals surface area contributed by atoms with E-state index < -0.39 is 0 Å². The summed E-state index contributed by atoms with van der Waals surface area (Å²) in [6, 6.07) is 11.5. The fourth-order valence-corrected chi connectivity index (χ4v) is 3.76. The van der Waals surface area contributed by atoms with Crippen LogP contribution in [0.5, 0.6) is 0 Å². The van der Waals surface area contributed by atoms with Crippen molar-refractivity contribution in [3.8, 4) is 0 Å². The quantitative estimate of drug-likeness (QED) is 0.326. The Balaban J connectivity index is 0.00000124. The van der Waals surface area contributed by atoms with Crippen molar-refractivity contribution in [1.29, 1.82) is 0 Å². The molecule has 5 nitrogen and oxygen atoms in total. The zero-order valence-electron chi connectivity index (χ0n) is 17.0. The number of nitrogens with zero attached hydrogens (tertiary/aromatic N) is 4. The molecule has 4 aromatic rings. The molecule has 0 amide bonds. The van der Waals surface area contributed by atoms with Crippen molar-refractivity contribution in [2.45, 2.75) is 33.7 Å². The molecule has 0 aliphatic heterocycles. The maximum Gasteiger partial charge on any atom is 0.171 e. The van der Waals surface area contributed by atoms with Gasteiger partial charge in [-0.1, -0.05) is 49.2 Å². The van der Waals surface area contributed by atoms with Crippen LogP contribution < -0.4 is 5.32 Å². The van der Waals surface area contributed by atoms with Gasteiger partial charge in [0.25, 0.3) is 0 Å². The van der Waals surface area contributed by atoms with Gasteiger partial charge in [0.05, 0.1) is 16.4 Å². The SMILES string of the molecule is CC.Cc1ccc(CNc2cc(Cc3c(Cl)cccc3Cl)nc3c(Br)cnn23)cn1. The molecule has 3 heterocycles. The van der Waals surface area contributed by atoms with Crippen LogP contribution in [-0.2, 0) is 13.0 Å². The molecular weight excluding hydrogens is 485 g/mol. The Labute approximate surface area is 194 Å². The van der Waals surface area contributed by atoms with Gasteiger partial charge in [0, 0.05) is 41.0 Å².